The van der Waals surface area contributed by atoms with Crippen LogP contribution in [-0.4, -0.2) is 18.2 Å². The highest BCUT2D eigenvalue weighted by atomic mass is 16.5. The number of nitrogens with two attached hydrogens (primary N) is 2. The Morgan fingerprint density at radius 2 is 1.78 bits per heavy atom. The standard InChI is InChI=1S/C21H26N2O3.CH4/c1-21(2,20(25)26-3)19(14-6-8-16(22)17(23)11-14)13-5-4-12-7-9-18(24)15(12)10-13;/h4-6,8,10-11,18-19,24H,7,9,22-23H2,1-3H3;1H4. The first kappa shape index (κ1) is 20.8. The molecule has 5 nitrogen and oxygen atoms in total. The van der Waals surface area contributed by atoms with E-state index < -0.39 is 11.5 Å². The average Bonchev–Trinajstić information content (AvgIpc) is 2.98. The van der Waals surface area contributed by atoms with Crippen molar-refractivity contribution < 1.29 is 14.6 Å². The molecule has 5 heteroatoms. The molecule has 5 N–H and O–H groups in total. The van der Waals surface area contributed by atoms with Gasteiger partial charge in [0.25, 0.3) is 0 Å². The molecule has 0 fully saturated rings. The number of anilines is 2. The van der Waals surface area contributed by atoms with Crippen LogP contribution in [0.5, 0.6) is 0 Å². The maximum atomic E-state index is 12.5. The summed E-state index contributed by atoms with van der Waals surface area (Å²) in [5.41, 5.74) is 16.0. The number of esters is 1. The summed E-state index contributed by atoms with van der Waals surface area (Å²) in [6, 6.07) is 11.5. The number of ether oxygens (including phenoxy) is 1. The van der Waals surface area contributed by atoms with Gasteiger partial charge < -0.3 is 21.3 Å². The van der Waals surface area contributed by atoms with Gasteiger partial charge in [-0.3, -0.25) is 4.79 Å². The van der Waals surface area contributed by atoms with Gasteiger partial charge >= 0.3 is 5.97 Å². The third kappa shape index (κ3) is 3.65. The average molecular weight is 370 g/mol. The number of benzene rings is 2. The van der Waals surface area contributed by atoms with Crippen LogP contribution in [0.3, 0.4) is 0 Å². The zero-order valence-corrected chi connectivity index (χ0v) is 15.5. The highest BCUT2D eigenvalue weighted by Gasteiger charge is 2.40. The number of nitrogen functional groups attached to an aromatic ring is 2. The molecule has 0 amide bonds. The van der Waals surface area contributed by atoms with E-state index in [1.54, 1.807) is 6.07 Å². The number of aliphatic hydroxyl groups is 1. The van der Waals surface area contributed by atoms with Crippen molar-refractivity contribution in [2.75, 3.05) is 18.6 Å². The third-order valence-electron chi connectivity index (χ3n) is 5.43. The summed E-state index contributed by atoms with van der Waals surface area (Å²) in [5.74, 6) is -0.588. The molecule has 2 aromatic carbocycles. The Morgan fingerprint density at radius 1 is 1.15 bits per heavy atom. The lowest BCUT2D eigenvalue weighted by molar-refractivity contribution is -0.151. The van der Waals surface area contributed by atoms with E-state index in [-0.39, 0.29) is 19.3 Å². The molecule has 0 aromatic heterocycles. The number of rotatable bonds is 4. The largest absolute Gasteiger partial charge is 0.469 e. The number of carbonyl (C=O) groups excluding carboxylic acids is 1. The summed E-state index contributed by atoms with van der Waals surface area (Å²) in [6.07, 6.45) is 1.15. The summed E-state index contributed by atoms with van der Waals surface area (Å²) in [6.45, 7) is 3.72. The van der Waals surface area contributed by atoms with Gasteiger partial charge in [-0.25, -0.2) is 0 Å². The molecular weight excluding hydrogens is 340 g/mol. The SMILES string of the molecule is C.COC(=O)C(C)(C)C(c1ccc(N)c(N)c1)c1ccc2c(c1)C(O)CC2. The minimum absolute atomic E-state index is 0. The number of hydrogen-bond donors (Lipinski definition) is 3. The Bertz CT molecular complexity index is 845. The van der Waals surface area contributed by atoms with E-state index in [9.17, 15) is 9.90 Å². The van der Waals surface area contributed by atoms with E-state index in [1.165, 1.54) is 7.11 Å². The Hall–Kier alpha value is -2.53. The van der Waals surface area contributed by atoms with Gasteiger partial charge in [-0.1, -0.05) is 31.7 Å². The van der Waals surface area contributed by atoms with Crippen molar-refractivity contribution in [2.24, 2.45) is 5.41 Å². The fourth-order valence-corrected chi connectivity index (χ4v) is 3.96. The minimum atomic E-state index is -0.824. The van der Waals surface area contributed by atoms with Crippen molar-refractivity contribution in [3.8, 4) is 0 Å². The zero-order chi connectivity index (χ0) is 19.1. The van der Waals surface area contributed by atoms with Crippen molar-refractivity contribution in [3.63, 3.8) is 0 Å². The highest BCUT2D eigenvalue weighted by molar-refractivity contribution is 5.78. The van der Waals surface area contributed by atoms with Gasteiger partial charge in [0.15, 0.2) is 0 Å². The lowest BCUT2D eigenvalue weighted by Gasteiger charge is -2.33. The number of aryl methyl sites for hydroxylation is 1. The quantitative estimate of drug-likeness (QED) is 0.562. The molecule has 146 valence electrons. The normalized spacial score (nSPS) is 17.0. The molecule has 0 saturated carbocycles. The molecule has 0 aliphatic heterocycles. The summed E-state index contributed by atoms with van der Waals surface area (Å²) in [7, 11) is 1.39. The molecule has 2 aromatic rings. The molecule has 1 aliphatic carbocycles. The molecule has 2 unspecified atom stereocenters. The summed E-state index contributed by atoms with van der Waals surface area (Å²) < 4.78 is 5.06. The number of hydrogen-bond acceptors (Lipinski definition) is 5. The molecular formula is C22H30N2O3. The predicted octanol–water partition coefficient (Wildman–Crippen LogP) is 3.80. The predicted molar refractivity (Wildman–Crippen MR) is 109 cm³/mol. The molecule has 0 heterocycles. The van der Waals surface area contributed by atoms with Gasteiger partial charge in [-0.15, -0.1) is 0 Å². The van der Waals surface area contributed by atoms with Crippen LogP contribution >= 0.6 is 0 Å². The fraction of sp³-hybridized carbons (Fsp3) is 0.409. The van der Waals surface area contributed by atoms with Crippen LogP contribution in [-0.2, 0) is 16.0 Å². The smallest absolute Gasteiger partial charge is 0.312 e. The van der Waals surface area contributed by atoms with Gasteiger partial charge in [-0.2, -0.15) is 0 Å². The van der Waals surface area contributed by atoms with E-state index in [1.807, 2.05) is 44.2 Å². The summed E-state index contributed by atoms with van der Waals surface area (Å²) in [5, 5.41) is 10.3. The third-order valence-corrected chi connectivity index (χ3v) is 5.43. The molecule has 0 saturated heterocycles. The fourth-order valence-electron chi connectivity index (χ4n) is 3.96. The highest BCUT2D eigenvalue weighted by Crippen LogP contribution is 2.44. The van der Waals surface area contributed by atoms with Crippen LogP contribution in [0.2, 0.25) is 0 Å². The molecule has 0 radical (unpaired) electrons. The number of fused-ring (bicyclic) bond motifs is 1. The van der Waals surface area contributed by atoms with Crippen molar-refractivity contribution >= 4 is 17.3 Å². The van der Waals surface area contributed by atoms with Crippen LogP contribution < -0.4 is 11.5 Å². The molecule has 0 spiro atoms. The first-order valence-electron chi connectivity index (χ1n) is 8.79. The van der Waals surface area contributed by atoms with E-state index in [4.69, 9.17) is 16.2 Å². The molecule has 27 heavy (non-hydrogen) atoms. The van der Waals surface area contributed by atoms with E-state index >= 15 is 0 Å². The van der Waals surface area contributed by atoms with Crippen LogP contribution in [0, 0.1) is 5.41 Å². The van der Waals surface area contributed by atoms with Gasteiger partial charge in [0, 0.05) is 5.92 Å². The van der Waals surface area contributed by atoms with Crippen LogP contribution in [0.15, 0.2) is 36.4 Å². The lowest BCUT2D eigenvalue weighted by Crippen LogP contribution is -2.33. The Morgan fingerprint density at radius 3 is 2.41 bits per heavy atom. The second-order valence-electron chi connectivity index (χ2n) is 7.55. The molecule has 1 aliphatic rings. The first-order chi connectivity index (χ1) is 12.3. The van der Waals surface area contributed by atoms with Gasteiger partial charge in [0.05, 0.1) is 30.0 Å². The van der Waals surface area contributed by atoms with Gasteiger partial charge in [-0.05, 0) is 61.1 Å². The molecule has 0 bridgehead atoms. The second-order valence-corrected chi connectivity index (χ2v) is 7.55. The summed E-state index contributed by atoms with van der Waals surface area (Å²) in [4.78, 5) is 12.5. The number of aliphatic hydroxyl groups excluding tert-OH is 1. The monoisotopic (exact) mass is 370 g/mol. The second kappa shape index (κ2) is 7.61. The number of methoxy groups -OCH3 is 1. The maximum Gasteiger partial charge on any atom is 0.312 e. The van der Waals surface area contributed by atoms with Crippen molar-refractivity contribution in [2.45, 2.75) is 46.1 Å². The van der Waals surface area contributed by atoms with Crippen LogP contribution in [0.4, 0.5) is 11.4 Å². The maximum absolute atomic E-state index is 12.5. The van der Waals surface area contributed by atoms with Crippen molar-refractivity contribution in [1.29, 1.82) is 0 Å². The van der Waals surface area contributed by atoms with Crippen molar-refractivity contribution in [3.05, 3.63) is 58.7 Å². The molecule has 2 atom stereocenters. The number of carbonyl (C=O) groups is 1. The summed E-state index contributed by atoms with van der Waals surface area (Å²) >= 11 is 0. The van der Waals surface area contributed by atoms with Crippen molar-refractivity contribution in [1.82, 2.24) is 0 Å². The first-order valence-corrected chi connectivity index (χ1v) is 8.79. The zero-order valence-electron chi connectivity index (χ0n) is 15.5. The minimum Gasteiger partial charge on any atom is -0.469 e. The lowest BCUT2D eigenvalue weighted by atomic mass is 9.70. The van der Waals surface area contributed by atoms with E-state index in [0.29, 0.717) is 11.4 Å². The van der Waals surface area contributed by atoms with Gasteiger partial charge in [0.1, 0.15) is 0 Å². The Labute approximate surface area is 161 Å². The van der Waals surface area contributed by atoms with Gasteiger partial charge in [0.2, 0.25) is 0 Å². The Kier molecular flexibility index (Phi) is 5.85. The molecule has 3 rings (SSSR count). The van der Waals surface area contributed by atoms with E-state index in [0.717, 1.165) is 35.1 Å². The topological polar surface area (TPSA) is 98.6 Å². The van der Waals surface area contributed by atoms with Crippen LogP contribution in [0.1, 0.15) is 62.0 Å². The Balaban J connectivity index is 0.00000261. The van der Waals surface area contributed by atoms with Crippen LogP contribution in [0.25, 0.3) is 0 Å². The van der Waals surface area contributed by atoms with E-state index in [2.05, 4.69) is 0 Å².